The highest BCUT2D eigenvalue weighted by atomic mass is 19.1. The van der Waals surface area contributed by atoms with Crippen LogP contribution in [0.4, 0.5) is 10.1 Å². The van der Waals surface area contributed by atoms with Crippen molar-refractivity contribution in [1.29, 1.82) is 0 Å². The molecule has 0 unspecified atom stereocenters. The number of primary amides is 1. The van der Waals surface area contributed by atoms with E-state index in [9.17, 15) is 28.4 Å². The first-order chi connectivity index (χ1) is 16.6. The lowest BCUT2D eigenvalue weighted by molar-refractivity contribution is -0.153. The van der Waals surface area contributed by atoms with Gasteiger partial charge in [0, 0.05) is 18.7 Å². The molecular weight excluding hydrogens is 457 g/mol. The van der Waals surface area contributed by atoms with Crippen LogP contribution in [-0.2, 0) is 19.1 Å². The summed E-state index contributed by atoms with van der Waals surface area (Å²) < 4.78 is 18.6. The van der Waals surface area contributed by atoms with Gasteiger partial charge in [-0.1, -0.05) is 32.4 Å². The number of esters is 1. The molecule has 35 heavy (non-hydrogen) atoms. The summed E-state index contributed by atoms with van der Waals surface area (Å²) in [7, 11) is 0. The quantitative estimate of drug-likeness (QED) is 0.408. The third-order valence-electron chi connectivity index (χ3n) is 5.89. The Labute approximate surface area is 201 Å². The topological polar surface area (TPSA) is 127 Å². The van der Waals surface area contributed by atoms with Crippen molar-refractivity contribution in [2.24, 2.45) is 11.7 Å². The number of imide groups is 1. The normalized spacial score (nSPS) is 14.3. The number of hydrogen-bond donors (Lipinski definition) is 1. The molecule has 0 bridgehead atoms. The molecule has 9 nitrogen and oxygen atoms in total. The number of carbonyl (C=O) groups is 5. The molecule has 2 aromatic carbocycles. The van der Waals surface area contributed by atoms with Gasteiger partial charge in [-0.2, -0.15) is 0 Å². The molecule has 4 amide bonds. The molecule has 0 aliphatic carbocycles. The van der Waals surface area contributed by atoms with Gasteiger partial charge in [0.2, 0.25) is 5.91 Å². The molecule has 0 radical (unpaired) electrons. The van der Waals surface area contributed by atoms with Crippen LogP contribution >= 0.6 is 0 Å². The van der Waals surface area contributed by atoms with Gasteiger partial charge in [0.25, 0.3) is 17.7 Å². The molecule has 10 heteroatoms. The summed E-state index contributed by atoms with van der Waals surface area (Å²) in [5, 5.41) is 0. The Morgan fingerprint density at radius 2 is 1.60 bits per heavy atom. The first kappa shape index (κ1) is 25.5. The molecule has 0 spiro atoms. The van der Waals surface area contributed by atoms with Gasteiger partial charge in [0.1, 0.15) is 11.9 Å². The highest BCUT2D eigenvalue weighted by Crippen LogP contribution is 2.28. The van der Waals surface area contributed by atoms with E-state index in [2.05, 4.69) is 0 Å². The summed E-state index contributed by atoms with van der Waals surface area (Å²) in [6.45, 7) is 2.68. The van der Waals surface area contributed by atoms with Crippen LogP contribution in [-0.4, -0.2) is 53.7 Å². The number of fused-ring (bicyclic) bond motifs is 1. The zero-order chi connectivity index (χ0) is 25.7. The van der Waals surface area contributed by atoms with Crippen molar-refractivity contribution >= 4 is 35.3 Å². The zero-order valence-corrected chi connectivity index (χ0v) is 19.4. The van der Waals surface area contributed by atoms with Gasteiger partial charge < -0.3 is 15.4 Å². The minimum Gasteiger partial charge on any atom is -0.454 e. The van der Waals surface area contributed by atoms with E-state index in [1.54, 1.807) is 26.0 Å². The van der Waals surface area contributed by atoms with Gasteiger partial charge >= 0.3 is 5.97 Å². The predicted octanol–water partition coefficient (Wildman–Crippen LogP) is 2.29. The third kappa shape index (κ3) is 5.53. The molecule has 2 atom stereocenters. The lowest BCUT2D eigenvalue weighted by Crippen LogP contribution is -2.50. The van der Waals surface area contributed by atoms with Gasteiger partial charge in [0.05, 0.1) is 11.1 Å². The smallest absolute Gasteiger partial charge is 0.330 e. The minimum absolute atomic E-state index is 0.107. The van der Waals surface area contributed by atoms with E-state index >= 15 is 0 Å². The van der Waals surface area contributed by atoms with Gasteiger partial charge in [-0.15, -0.1) is 0 Å². The molecule has 1 heterocycles. The zero-order valence-electron chi connectivity index (χ0n) is 19.4. The largest absolute Gasteiger partial charge is 0.454 e. The summed E-state index contributed by atoms with van der Waals surface area (Å²) in [5.41, 5.74) is 5.87. The number of nitrogens with two attached hydrogens (primary N) is 1. The summed E-state index contributed by atoms with van der Waals surface area (Å²) in [6, 6.07) is 10.0. The standard InChI is InChI=1S/C25H26FN3O6/c1-3-15(2)22(29-23(32)18-6-4-5-7-19(18)24(29)33)25(34)35-14-21(31)28(13-12-20(27)30)17-10-8-16(26)9-11-17/h4-11,15,22H,3,12-14H2,1-2H3,(H2,27,30)/t15-,22-/m0/s1. The van der Waals surface area contributed by atoms with Crippen molar-refractivity contribution in [3.63, 3.8) is 0 Å². The van der Waals surface area contributed by atoms with E-state index in [1.807, 2.05) is 0 Å². The van der Waals surface area contributed by atoms with Gasteiger partial charge in [-0.25, -0.2) is 9.18 Å². The second kappa shape index (κ2) is 10.9. The van der Waals surface area contributed by atoms with E-state index in [0.717, 1.165) is 21.9 Å². The summed E-state index contributed by atoms with van der Waals surface area (Å²) in [5.74, 6) is -4.40. The molecule has 1 aliphatic rings. The first-order valence-corrected chi connectivity index (χ1v) is 11.1. The van der Waals surface area contributed by atoms with Crippen molar-refractivity contribution in [3.8, 4) is 0 Å². The van der Waals surface area contributed by atoms with E-state index in [-0.39, 0.29) is 29.8 Å². The number of carbonyl (C=O) groups excluding carboxylic acids is 5. The van der Waals surface area contributed by atoms with E-state index in [4.69, 9.17) is 10.5 Å². The van der Waals surface area contributed by atoms with E-state index in [0.29, 0.717) is 6.42 Å². The highest BCUT2D eigenvalue weighted by molar-refractivity contribution is 6.22. The van der Waals surface area contributed by atoms with Crippen molar-refractivity contribution < 1.29 is 33.1 Å². The summed E-state index contributed by atoms with van der Waals surface area (Å²) >= 11 is 0. The molecule has 0 saturated carbocycles. The van der Waals surface area contributed by atoms with E-state index in [1.165, 1.54) is 24.3 Å². The van der Waals surface area contributed by atoms with Crippen molar-refractivity contribution in [2.45, 2.75) is 32.7 Å². The molecule has 0 aromatic heterocycles. The van der Waals surface area contributed by atoms with Crippen molar-refractivity contribution in [3.05, 3.63) is 65.5 Å². The van der Waals surface area contributed by atoms with Crippen LogP contribution in [0, 0.1) is 11.7 Å². The van der Waals surface area contributed by atoms with Crippen LogP contribution in [0.3, 0.4) is 0 Å². The second-order valence-electron chi connectivity index (χ2n) is 8.20. The average Bonchev–Trinajstić information content (AvgIpc) is 3.09. The number of anilines is 1. The molecule has 2 N–H and O–H groups in total. The number of nitrogens with zero attached hydrogens (tertiary/aromatic N) is 2. The lowest BCUT2D eigenvalue weighted by atomic mass is 9.97. The Bertz CT molecular complexity index is 1120. The maximum Gasteiger partial charge on any atom is 0.330 e. The van der Waals surface area contributed by atoms with Crippen molar-refractivity contribution in [1.82, 2.24) is 4.90 Å². The Hall–Kier alpha value is -4.08. The maximum absolute atomic E-state index is 13.3. The predicted molar refractivity (Wildman–Crippen MR) is 124 cm³/mol. The Morgan fingerprint density at radius 1 is 1.03 bits per heavy atom. The number of ether oxygens (including phenoxy) is 1. The minimum atomic E-state index is -1.23. The Kier molecular flexibility index (Phi) is 7.95. The van der Waals surface area contributed by atoms with Crippen LogP contribution in [0.25, 0.3) is 0 Å². The molecule has 184 valence electrons. The Balaban J connectivity index is 1.78. The molecule has 0 fully saturated rings. The van der Waals surface area contributed by atoms with Gasteiger partial charge in [-0.05, 0) is 42.3 Å². The fourth-order valence-corrected chi connectivity index (χ4v) is 3.81. The van der Waals surface area contributed by atoms with Crippen LogP contribution < -0.4 is 10.6 Å². The molecule has 3 rings (SSSR count). The maximum atomic E-state index is 13.3. The third-order valence-corrected chi connectivity index (χ3v) is 5.89. The van der Waals surface area contributed by atoms with Crippen LogP contribution in [0.1, 0.15) is 47.4 Å². The summed E-state index contributed by atoms with van der Waals surface area (Å²) in [4.78, 5) is 65.1. The first-order valence-electron chi connectivity index (χ1n) is 11.1. The SMILES string of the molecule is CC[C@H](C)[C@@H](C(=O)OCC(=O)N(CCC(N)=O)c1ccc(F)cc1)N1C(=O)c2ccccc2C1=O. The van der Waals surface area contributed by atoms with Crippen LogP contribution in [0.5, 0.6) is 0 Å². The van der Waals surface area contributed by atoms with Gasteiger partial charge in [-0.3, -0.25) is 24.1 Å². The second-order valence-corrected chi connectivity index (χ2v) is 8.20. The van der Waals surface area contributed by atoms with Crippen LogP contribution in [0.15, 0.2) is 48.5 Å². The average molecular weight is 483 g/mol. The number of hydrogen-bond acceptors (Lipinski definition) is 6. The molecular formula is C25H26FN3O6. The van der Waals surface area contributed by atoms with Crippen LogP contribution in [0.2, 0.25) is 0 Å². The molecule has 1 aliphatic heterocycles. The summed E-state index contributed by atoms with van der Waals surface area (Å²) in [6.07, 6.45) is 0.295. The van der Waals surface area contributed by atoms with Gasteiger partial charge in [0.15, 0.2) is 6.61 Å². The monoisotopic (exact) mass is 483 g/mol. The molecule has 2 aromatic rings. The Morgan fingerprint density at radius 3 is 2.11 bits per heavy atom. The number of rotatable bonds is 10. The molecule has 0 saturated heterocycles. The number of benzene rings is 2. The van der Waals surface area contributed by atoms with Crippen molar-refractivity contribution in [2.75, 3.05) is 18.1 Å². The lowest BCUT2D eigenvalue weighted by Gasteiger charge is -2.29. The highest BCUT2D eigenvalue weighted by Gasteiger charge is 2.45. The fraction of sp³-hybridized carbons (Fsp3) is 0.320. The number of halogens is 1. The fourth-order valence-electron chi connectivity index (χ4n) is 3.81. The number of amides is 4. The van der Waals surface area contributed by atoms with E-state index < -0.39 is 54.0 Å².